The largest absolute Gasteiger partial charge is 0.328 e. The highest BCUT2D eigenvalue weighted by Crippen LogP contribution is 2.35. The summed E-state index contributed by atoms with van der Waals surface area (Å²) >= 11 is 0. The number of benzene rings is 2. The summed E-state index contributed by atoms with van der Waals surface area (Å²) in [6, 6.07) is 11.9. The Morgan fingerprint density at radius 1 is 1.17 bits per heavy atom. The van der Waals surface area contributed by atoms with Crippen LogP contribution in [0.25, 0.3) is 0 Å². The van der Waals surface area contributed by atoms with Crippen LogP contribution in [0.15, 0.2) is 53.4 Å². The molecule has 7 nitrogen and oxygen atoms in total. The molecule has 2 aromatic rings. The lowest BCUT2D eigenvalue weighted by atomic mass is 9.98. The Labute approximate surface area is 139 Å². The Bertz CT molecular complexity index is 865. The van der Waals surface area contributed by atoms with E-state index < -0.39 is 14.9 Å². The summed E-state index contributed by atoms with van der Waals surface area (Å²) in [5, 5.41) is 10.8. The quantitative estimate of drug-likeness (QED) is 0.673. The average Bonchev–Trinajstić information content (AvgIpc) is 2.60. The number of aryl methyl sites for hydroxylation is 1. The van der Waals surface area contributed by atoms with Gasteiger partial charge in [0.25, 0.3) is 15.7 Å². The highest BCUT2D eigenvalue weighted by Gasteiger charge is 2.35. The molecule has 2 N–H and O–H groups in total. The van der Waals surface area contributed by atoms with Crippen LogP contribution in [0.1, 0.15) is 12.0 Å². The van der Waals surface area contributed by atoms with Gasteiger partial charge in [0, 0.05) is 18.7 Å². The number of sulfonamides is 1. The maximum Gasteiger partial charge on any atom is 0.269 e. The first-order chi connectivity index (χ1) is 11.4. The molecule has 0 amide bonds. The molecule has 0 bridgehead atoms. The molecule has 1 unspecified atom stereocenters. The fourth-order valence-electron chi connectivity index (χ4n) is 2.97. The van der Waals surface area contributed by atoms with Gasteiger partial charge >= 0.3 is 0 Å². The number of nitrogens with two attached hydrogens (primary N) is 1. The molecule has 0 aromatic heterocycles. The SMILES string of the molecule is NCC1CCc2ccccc2N1S(=O)(=O)c1ccc([N+](=O)[O-])cc1. The van der Waals surface area contributed by atoms with E-state index in [1.807, 2.05) is 12.1 Å². The summed E-state index contributed by atoms with van der Waals surface area (Å²) in [5.74, 6) is 0. The zero-order chi connectivity index (χ0) is 17.3. The monoisotopic (exact) mass is 347 g/mol. The van der Waals surface area contributed by atoms with Crippen LogP contribution in [-0.2, 0) is 16.4 Å². The van der Waals surface area contributed by atoms with Crippen molar-refractivity contribution in [3.8, 4) is 0 Å². The summed E-state index contributed by atoms with van der Waals surface area (Å²) in [5.41, 5.74) is 7.22. The Hall–Kier alpha value is -2.45. The number of hydrogen-bond acceptors (Lipinski definition) is 5. The first-order valence-corrected chi connectivity index (χ1v) is 8.96. The summed E-state index contributed by atoms with van der Waals surface area (Å²) < 4.78 is 27.6. The van der Waals surface area contributed by atoms with Crippen molar-refractivity contribution in [1.82, 2.24) is 0 Å². The van der Waals surface area contributed by atoms with E-state index in [0.29, 0.717) is 12.1 Å². The van der Waals surface area contributed by atoms with Gasteiger partial charge in [-0.3, -0.25) is 14.4 Å². The molecule has 3 rings (SSSR count). The molecule has 126 valence electrons. The van der Waals surface area contributed by atoms with E-state index in [2.05, 4.69) is 0 Å². The summed E-state index contributed by atoms with van der Waals surface area (Å²) in [4.78, 5) is 10.2. The van der Waals surface area contributed by atoms with Gasteiger partial charge in [-0.25, -0.2) is 8.42 Å². The van der Waals surface area contributed by atoms with Gasteiger partial charge in [-0.2, -0.15) is 0 Å². The van der Waals surface area contributed by atoms with Gasteiger partial charge in [0.2, 0.25) is 0 Å². The van der Waals surface area contributed by atoms with Gasteiger partial charge in [0.1, 0.15) is 0 Å². The zero-order valence-corrected chi connectivity index (χ0v) is 13.6. The number of nitrogens with zero attached hydrogens (tertiary/aromatic N) is 2. The molecule has 0 saturated heterocycles. The molecule has 1 atom stereocenters. The lowest BCUT2D eigenvalue weighted by Crippen LogP contribution is -2.47. The number of hydrogen-bond donors (Lipinski definition) is 1. The predicted octanol–water partition coefficient (Wildman–Crippen LogP) is 2.06. The van der Waals surface area contributed by atoms with Crippen LogP contribution in [0.4, 0.5) is 11.4 Å². The number of fused-ring (bicyclic) bond motifs is 1. The van der Waals surface area contributed by atoms with Crippen LogP contribution in [0.3, 0.4) is 0 Å². The Kier molecular flexibility index (Phi) is 4.25. The summed E-state index contributed by atoms with van der Waals surface area (Å²) in [6.07, 6.45) is 1.41. The third-order valence-electron chi connectivity index (χ3n) is 4.18. The van der Waals surface area contributed by atoms with E-state index in [9.17, 15) is 18.5 Å². The van der Waals surface area contributed by atoms with E-state index in [1.54, 1.807) is 12.1 Å². The lowest BCUT2D eigenvalue weighted by molar-refractivity contribution is -0.384. The van der Waals surface area contributed by atoms with Gasteiger partial charge in [-0.1, -0.05) is 18.2 Å². The fraction of sp³-hybridized carbons (Fsp3) is 0.250. The standard InChI is InChI=1S/C16H17N3O4S/c17-11-14-6-5-12-3-1-2-4-16(12)18(14)24(22,23)15-9-7-13(8-10-15)19(20)21/h1-4,7-10,14H,5-6,11,17H2. The average molecular weight is 347 g/mol. The molecule has 8 heteroatoms. The first-order valence-electron chi connectivity index (χ1n) is 7.52. The predicted molar refractivity (Wildman–Crippen MR) is 90.4 cm³/mol. The number of nitro groups is 1. The van der Waals surface area contributed by atoms with Crippen molar-refractivity contribution in [2.24, 2.45) is 5.73 Å². The van der Waals surface area contributed by atoms with Crippen molar-refractivity contribution < 1.29 is 13.3 Å². The van der Waals surface area contributed by atoms with Crippen LogP contribution in [-0.4, -0.2) is 25.9 Å². The van der Waals surface area contributed by atoms with E-state index >= 15 is 0 Å². The second-order valence-corrected chi connectivity index (χ2v) is 7.42. The summed E-state index contributed by atoms with van der Waals surface area (Å²) in [7, 11) is -3.85. The van der Waals surface area contributed by atoms with E-state index in [1.165, 1.54) is 28.6 Å². The zero-order valence-electron chi connectivity index (χ0n) is 12.8. The maximum atomic E-state index is 13.1. The Morgan fingerprint density at radius 3 is 2.46 bits per heavy atom. The molecular formula is C16H17N3O4S. The number of rotatable bonds is 4. The second kappa shape index (κ2) is 6.21. The van der Waals surface area contributed by atoms with Crippen LogP contribution < -0.4 is 10.0 Å². The second-order valence-electron chi connectivity index (χ2n) is 5.61. The minimum absolute atomic E-state index is 0.0169. The molecule has 0 spiro atoms. The molecule has 0 aliphatic carbocycles. The smallest absolute Gasteiger partial charge is 0.269 e. The van der Waals surface area contributed by atoms with Gasteiger partial charge in [0.05, 0.1) is 21.5 Å². The van der Waals surface area contributed by atoms with Crippen LogP contribution in [0, 0.1) is 10.1 Å². The maximum absolute atomic E-state index is 13.1. The minimum Gasteiger partial charge on any atom is -0.328 e. The molecule has 1 aliphatic heterocycles. The van der Waals surface area contributed by atoms with Crippen LogP contribution in [0.5, 0.6) is 0 Å². The van der Waals surface area contributed by atoms with Crippen molar-refractivity contribution in [3.05, 3.63) is 64.2 Å². The molecule has 24 heavy (non-hydrogen) atoms. The Morgan fingerprint density at radius 2 is 1.83 bits per heavy atom. The minimum atomic E-state index is -3.85. The molecule has 0 fully saturated rings. The van der Waals surface area contributed by atoms with Crippen LogP contribution in [0.2, 0.25) is 0 Å². The number of anilines is 1. The van der Waals surface area contributed by atoms with Crippen molar-refractivity contribution in [3.63, 3.8) is 0 Å². The van der Waals surface area contributed by atoms with Crippen molar-refractivity contribution in [2.45, 2.75) is 23.8 Å². The van der Waals surface area contributed by atoms with Crippen molar-refractivity contribution >= 4 is 21.4 Å². The number of nitro benzene ring substituents is 1. The van der Waals surface area contributed by atoms with Gasteiger partial charge < -0.3 is 5.73 Å². The third-order valence-corrected chi connectivity index (χ3v) is 6.06. The first kappa shape index (κ1) is 16.4. The number of non-ortho nitro benzene ring substituents is 1. The topological polar surface area (TPSA) is 107 Å². The third kappa shape index (κ3) is 2.74. The van der Waals surface area contributed by atoms with E-state index in [0.717, 1.165) is 12.0 Å². The normalized spacial score (nSPS) is 17.4. The van der Waals surface area contributed by atoms with Crippen molar-refractivity contribution in [2.75, 3.05) is 10.8 Å². The van der Waals surface area contributed by atoms with Gasteiger partial charge in [-0.05, 0) is 36.6 Å². The van der Waals surface area contributed by atoms with E-state index in [-0.39, 0.29) is 23.2 Å². The molecule has 1 heterocycles. The fourth-order valence-corrected chi connectivity index (χ4v) is 4.69. The highest BCUT2D eigenvalue weighted by atomic mass is 32.2. The highest BCUT2D eigenvalue weighted by molar-refractivity contribution is 7.92. The van der Waals surface area contributed by atoms with E-state index in [4.69, 9.17) is 5.73 Å². The molecular weight excluding hydrogens is 330 g/mol. The number of para-hydroxylation sites is 1. The molecule has 1 aliphatic rings. The van der Waals surface area contributed by atoms with Gasteiger partial charge in [0.15, 0.2) is 0 Å². The summed E-state index contributed by atoms with van der Waals surface area (Å²) in [6.45, 7) is 0.209. The Balaban J connectivity index is 2.08. The lowest BCUT2D eigenvalue weighted by Gasteiger charge is -2.37. The van der Waals surface area contributed by atoms with Crippen molar-refractivity contribution in [1.29, 1.82) is 0 Å². The molecule has 0 saturated carbocycles. The van der Waals surface area contributed by atoms with Gasteiger partial charge in [-0.15, -0.1) is 0 Å². The van der Waals surface area contributed by atoms with Crippen LogP contribution >= 0.6 is 0 Å². The molecule has 0 radical (unpaired) electrons. The molecule has 2 aromatic carbocycles.